The summed E-state index contributed by atoms with van der Waals surface area (Å²) in [6.45, 7) is 2.73. The lowest BCUT2D eigenvalue weighted by molar-refractivity contribution is 0.202. The molecular weight excluding hydrogens is 128 g/mol. The van der Waals surface area contributed by atoms with E-state index in [0.29, 0.717) is 0 Å². The summed E-state index contributed by atoms with van der Waals surface area (Å²) in [6.07, 6.45) is 2.65. The number of methoxy groups -OCH3 is 1. The van der Waals surface area contributed by atoms with Crippen LogP contribution in [0.25, 0.3) is 0 Å². The Morgan fingerprint density at radius 3 is 2.90 bits per heavy atom. The van der Waals surface area contributed by atoms with Crippen LogP contribution in [-0.2, 0) is 11.2 Å². The van der Waals surface area contributed by atoms with Crippen LogP contribution < -0.4 is 0 Å². The topological polar surface area (TPSA) is 22.4 Å². The van der Waals surface area contributed by atoms with Crippen LogP contribution in [0.1, 0.15) is 11.3 Å². The molecule has 0 spiro atoms. The van der Waals surface area contributed by atoms with Crippen LogP contribution in [0.15, 0.2) is 16.7 Å². The molecule has 10 heavy (non-hydrogen) atoms. The van der Waals surface area contributed by atoms with E-state index < -0.39 is 0 Å². The van der Waals surface area contributed by atoms with E-state index in [1.807, 2.05) is 13.0 Å². The van der Waals surface area contributed by atoms with Gasteiger partial charge in [0.15, 0.2) is 0 Å². The highest BCUT2D eigenvalue weighted by molar-refractivity contribution is 5.15. The lowest BCUT2D eigenvalue weighted by Gasteiger charge is -1.95. The van der Waals surface area contributed by atoms with E-state index >= 15 is 0 Å². The van der Waals surface area contributed by atoms with Crippen molar-refractivity contribution in [2.24, 2.45) is 0 Å². The average Bonchev–Trinajstić information content (AvgIpc) is 2.31. The molecule has 0 saturated heterocycles. The lowest BCUT2D eigenvalue weighted by atomic mass is 10.2. The second-order valence-corrected chi connectivity index (χ2v) is 2.24. The van der Waals surface area contributed by atoms with Crippen molar-refractivity contribution in [1.82, 2.24) is 0 Å². The van der Waals surface area contributed by atoms with E-state index in [1.54, 1.807) is 13.4 Å². The molecule has 0 aliphatic rings. The SMILES string of the molecule is COCCc1ccoc1C. The molecule has 0 unspecified atom stereocenters. The summed E-state index contributed by atoms with van der Waals surface area (Å²) < 4.78 is 10.0. The maximum atomic E-state index is 5.11. The average molecular weight is 140 g/mol. The summed E-state index contributed by atoms with van der Waals surface area (Å²) in [5.41, 5.74) is 1.24. The molecule has 0 atom stereocenters. The molecule has 0 amide bonds. The van der Waals surface area contributed by atoms with Gasteiger partial charge in [-0.25, -0.2) is 0 Å². The maximum Gasteiger partial charge on any atom is 0.103 e. The van der Waals surface area contributed by atoms with Gasteiger partial charge in [-0.15, -0.1) is 0 Å². The van der Waals surface area contributed by atoms with Gasteiger partial charge in [-0.3, -0.25) is 0 Å². The van der Waals surface area contributed by atoms with Crippen molar-refractivity contribution in [3.8, 4) is 0 Å². The molecule has 1 aromatic heterocycles. The first kappa shape index (κ1) is 7.35. The molecular formula is C8H12O2. The molecule has 2 heteroatoms. The highest BCUT2D eigenvalue weighted by atomic mass is 16.5. The van der Waals surface area contributed by atoms with Gasteiger partial charge in [0.25, 0.3) is 0 Å². The number of hydrogen-bond donors (Lipinski definition) is 0. The zero-order chi connectivity index (χ0) is 7.40. The van der Waals surface area contributed by atoms with Gasteiger partial charge in [-0.05, 0) is 25.0 Å². The third kappa shape index (κ3) is 1.61. The molecule has 0 saturated carbocycles. The summed E-state index contributed by atoms with van der Waals surface area (Å²) >= 11 is 0. The Kier molecular flexibility index (Phi) is 2.51. The zero-order valence-corrected chi connectivity index (χ0v) is 6.39. The minimum atomic E-state index is 0.764. The second kappa shape index (κ2) is 3.42. The van der Waals surface area contributed by atoms with Crippen molar-refractivity contribution in [3.63, 3.8) is 0 Å². The molecule has 0 aromatic carbocycles. The normalized spacial score (nSPS) is 10.2. The van der Waals surface area contributed by atoms with Gasteiger partial charge < -0.3 is 9.15 Å². The fourth-order valence-electron chi connectivity index (χ4n) is 0.883. The highest BCUT2D eigenvalue weighted by Crippen LogP contribution is 2.08. The smallest absolute Gasteiger partial charge is 0.103 e. The lowest BCUT2D eigenvalue weighted by Crippen LogP contribution is -1.93. The molecule has 0 aliphatic carbocycles. The van der Waals surface area contributed by atoms with Gasteiger partial charge in [-0.1, -0.05) is 0 Å². The molecule has 1 aromatic rings. The summed E-state index contributed by atoms with van der Waals surface area (Å²) in [5.74, 6) is 0.997. The van der Waals surface area contributed by atoms with Crippen LogP contribution in [0.4, 0.5) is 0 Å². The van der Waals surface area contributed by atoms with Crippen LogP contribution in [0, 0.1) is 6.92 Å². The third-order valence-electron chi connectivity index (χ3n) is 1.54. The van der Waals surface area contributed by atoms with Gasteiger partial charge in [0.2, 0.25) is 0 Å². The van der Waals surface area contributed by atoms with Gasteiger partial charge in [0, 0.05) is 7.11 Å². The number of hydrogen-bond acceptors (Lipinski definition) is 2. The summed E-state index contributed by atoms with van der Waals surface area (Å²) in [6, 6.07) is 1.98. The monoisotopic (exact) mass is 140 g/mol. The largest absolute Gasteiger partial charge is 0.469 e. The molecule has 0 bridgehead atoms. The van der Waals surface area contributed by atoms with E-state index in [2.05, 4.69) is 0 Å². The quantitative estimate of drug-likeness (QED) is 0.638. The maximum absolute atomic E-state index is 5.11. The summed E-state index contributed by atoms with van der Waals surface area (Å²) in [4.78, 5) is 0. The van der Waals surface area contributed by atoms with Crippen molar-refractivity contribution in [1.29, 1.82) is 0 Å². The van der Waals surface area contributed by atoms with E-state index in [1.165, 1.54) is 5.56 Å². The molecule has 0 radical (unpaired) electrons. The third-order valence-corrected chi connectivity index (χ3v) is 1.54. The van der Waals surface area contributed by atoms with Crippen molar-refractivity contribution in [2.75, 3.05) is 13.7 Å². The van der Waals surface area contributed by atoms with E-state index in [0.717, 1.165) is 18.8 Å². The minimum absolute atomic E-state index is 0.764. The Labute approximate surface area is 60.8 Å². The Morgan fingerprint density at radius 1 is 1.60 bits per heavy atom. The van der Waals surface area contributed by atoms with Crippen LogP contribution in [0.2, 0.25) is 0 Å². The van der Waals surface area contributed by atoms with Gasteiger partial charge in [-0.2, -0.15) is 0 Å². The minimum Gasteiger partial charge on any atom is -0.469 e. The highest BCUT2D eigenvalue weighted by Gasteiger charge is 1.98. The Hall–Kier alpha value is -0.760. The number of aryl methyl sites for hydroxylation is 1. The molecule has 0 N–H and O–H groups in total. The summed E-state index contributed by atoms with van der Waals surface area (Å²) in [5, 5.41) is 0. The predicted octanol–water partition coefficient (Wildman–Crippen LogP) is 1.78. The van der Waals surface area contributed by atoms with Crippen molar-refractivity contribution >= 4 is 0 Å². The van der Waals surface area contributed by atoms with E-state index in [9.17, 15) is 0 Å². The predicted molar refractivity (Wildman–Crippen MR) is 39.0 cm³/mol. The summed E-state index contributed by atoms with van der Waals surface area (Å²) in [7, 11) is 1.70. The van der Waals surface area contributed by atoms with Crippen LogP contribution in [0.3, 0.4) is 0 Å². The van der Waals surface area contributed by atoms with Gasteiger partial charge in [0.1, 0.15) is 5.76 Å². The van der Waals surface area contributed by atoms with Crippen molar-refractivity contribution < 1.29 is 9.15 Å². The Bertz CT molecular complexity index is 191. The zero-order valence-electron chi connectivity index (χ0n) is 6.39. The Balaban J connectivity index is 2.49. The van der Waals surface area contributed by atoms with Crippen LogP contribution in [0.5, 0.6) is 0 Å². The van der Waals surface area contributed by atoms with Crippen LogP contribution in [-0.4, -0.2) is 13.7 Å². The molecule has 1 rings (SSSR count). The second-order valence-electron chi connectivity index (χ2n) is 2.24. The number of rotatable bonds is 3. The molecule has 0 fully saturated rings. The standard InChI is InChI=1S/C8H12O2/c1-7-8(3-5-9-2)4-6-10-7/h4,6H,3,5H2,1-2H3. The van der Waals surface area contributed by atoms with Crippen molar-refractivity contribution in [2.45, 2.75) is 13.3 Å². The van der Waals surface area contributed by atoms with Crippen LogP contribution >= 0.6 is 0 Å². The molecule has 2 nitrogen and oxygen atoms in total. The molecule has 0 aliphatic heterocycles. The fourth-order valence-corrected chi connectivity index (χ4v) is 0.883. The first-order chi connectivity index (χ1) is 4.84. The number of furan rings is 1. The van der Waals surface area contributed by atoms with Crippen molar-refractivity contribution in [3.05, 3.63) is 23.7 Å². The molecule has 56 valence electrons. The van der Waals surface area contributed by atoms with Gasteiger partial charge in [0.05, 0.1) is 12.9 Å². The fraction of sp³-hybridized carbons (Fsp3) is 0.500. The van der Waals surface area contributed by atoms with Gasteiger partial charge >= 0.3 is 0 Å². The van der Waals surface area contributed by atoms with E-state index in [4.69, 9.17) is 9.15 Å². The molecule has 1 heterocycles. The first-order valence-electron chi connectivity index (χ1n) is 3.36. The van der Waals surface area contributed by atoms with E-state index in [-0.39, 0.29) is 0 Å². The first-order valence-corrected chi connectivity index (χ1v) is 3.36. The number of ether oxygens (including phenoxy) is 1. The Morgan fingerprint density at radius 2 is 2.40 bits per heavy atom.